The van der Waals surface area contributed by atoms with E-state index in [4.69, 9.17) is 0 Å². The summed E-state index contributed by atoms with van der Waals surface area (Å²) >= 11 is 0. The Hall–Kier alpha value is -3.45. The second-order valence-electron chi connectivity index (χ2n) is 6.93. The normalized spacial score (nSPS) is 13.3. The number of nitrogens with zero attached hydrogens (tertiary/aromatic N) is 4. The summed E-state index contributed by atoms with van der Waals surface area (Å²) in [6.45, 7) is 1.94. The molecule has 1 aliphatic heterocycles. The Labute approximate surface area is 162 Å². The number of aryl methyl sites for hydroxylation is 1. The molecule has 4 aromatic rings. The van der Waals surface area contributed by atoms with Crippen molar-refractivity contribution in [3.05, 3.63) is 65.9 Å². The van der Waals surface area contributed by atoms with Crippen LogP contribution in [-0.4, -0.2) is 26.3 Å². The number of aromatic nitrogens is 4. The number of benzene rings is 2. The summed E-state index contributed by atoms with van der Waals surface area (Å²) < 4.78 is 1.77. The smallest absolute Gasteiger partial charge is 0.229 e. The standard InChI is InChI=1S/C21H21N7/c1-28-20-18(19(27-28)24-16-5-3-2-4-6-16)13-23-21(26-20)25-17-8-7-14-9-10-22-12-15(14)11-17/h2-8,11,13,22H,9-10,12H2,1H3,(H,24,27)(H,23,25,26). The van der Waals surface area contributed by atoms with Crippen LogP contribution >= 0.6 is 0 Å². The molecule has 0 saturated carbocycles. The van der Waals surface area contributed by atoms with Crippen molar-refractivity contribution >= 4 is 34.2 Å². The number of fused-ring (bicyclic) bond motifs is 2. The van der Waals surface area contributed by atoms with E-state index in [1.54, 1.807) is 4.68 Å². The highest BCUT2D eigenvalue weighted by Gasteiger charge is 2.13. The van der Waals surface area contributed by atoms with E-state index in [9.17, 15) is 0 Å². The number of anilines is 4. The summed E-state index contributed by atoms with van der Waals surface area (Å²) in [6, 6.07) is 16.4. The van der Waals surface area contributed by atoms with Gasteiger partial charge in [-0.1, -0.05) is 24.3 Å². The molecule has 3 heterocycles. The Morgan fingerprint density at radius 1 is 1.00 bits per heavy atom. The van der Waals surface area contributed by atoms with E-state index in [0.717, 1.165) is 47.7 Å². The van der Waals surface area contributed by atoms with Crippen molar-refractivity contribution in [2.45, 2.75) is 13.0 Å². The highest BCUT2D eigenvalue weighted by atomic mass is 15.3. The third-order valence-corrected chi connectivity index (χ3v) is 4.97. The maximum Gasteiger partial charge on any atom is 0.229 e. The van der Waals surface area contributed by atoms with Crippen molar-refractivity contribution in [1.82, 2.24) is 25.1 Å². The van der Waals surface area contributed by atoms with Gasteiger partial charge < -0.3 is 16.0 Å². The third-order valence-electron chi connectivity index (χ3n) is 4.97. The third kappa shape index (κ3) is 3.16. The maximum atomic E-state index is 4.67. The fraction of sp³-hybridized carbons (Fsp3) is 0.190. The van der Waals surface area contributed by atoms with Crippen LogP contribution in [0.5, 0.6) is 0 Å². The topological polar surface area (TPSA) is 79.7 Å². The van der Waals surface area contributed by atoms with Crippen LogP contribution < -0.4 is 16.0 Å². The van der Waals surface area contributed by atoms with Gasteiger partial charge in [0.1, 0.15) is 0 Å². The van der Waals surface area contributed by atoms with Crippen molar-refractivity contribution in [2.75, 3.05) is 17.2 Å². The first-order valence-corrected chi connectivity index (χ1v) is 9.38. The Bertz CT molecular complexity index is 1130. The lowest BCUT2D eigenvalue weighted by Gasteiger charge is -2.18. The van der Waals surface area contributed by atoms with E-state index in [1.165, 1.54) is 11.1 Å². The summed E-state index contributed by atoms with van der Waals surface area (Å²) in [7, 11) is 1.89. The molecule has 2 aromatic heterocycles. The highest BCUT2D eigenvalue weighted by molar-refractivity contribution is 5.89. The first kappa shape index (κ1) is 16.7. The number of hydrogen-bond acceptors (Lipinski definition) is 6. The molecular formula is C21H21N7. The molecule has 0 saturated heterocycles. The number of hydrogen-bond donors (Lipinski definition) is 3. The van der Waals surface area contributed by atoms with Crippen molar-refractivity contribution < 1.29 is 0 Å². The van der Waals surface area contributed by atoms with Gasteiger partial charge in [-0.25, -0.2) is 9.67 Å². The molecule has 28 heavy (non-hydrogen) atoms. The van der Waals surface area contributed by atoms with Gasteiger partial charge in [-0.2, -0.15) is 10.1 Å². The van der Waals surface area contributed by atoms with Crippen molar-refractivity contribution in [3.8, 4) is 0 Å². The molecule has 1 aliphatic rings. The maximum absolute atomic E-state index is 4.67. The van der Waals surface area contributed by atoms with Crippen LogP contribution in [0.2, 0.25) is 0 Å². The summed E-state index contributed by atoms with van der Waals surface area (Å²) in [6.07, 6.45) is 2.88. The van der Waals surface area contributed by atoms with Crippen LogP contribution in [0.25, 0.3) is 11.0 Å². The predicted molar refractivity (Wildman–Crippen MR) is 111 cm³/mol. The Morgan fingerprint density at radius 3 is 2.79 bits per heavy atom. The minimum atomic E-state index is 0.561. The zero-order valence-electron chi connectivity index (χ0n) is 15.6. The van der Waals surface area contributed by atoms with Gasteiger partial charge in [0, 0.05) is 31.2 Å². The minimum absolute atomic E-state index is 0.561. The van der Waals surface area contributed by atoms with E-state index in [-0.39, 0.29) is 0 Å². The Morgan fingerprint density at radius 2 is 1.89 bits per heavy atom. The molecule has 0 unspecified atom stereocenters. The fourth-order valence-electron chi connectivity index (χ4n) is 3.54. The van der Waals surface area contributed by atoms with Crippen LogP contribution in [-0.2, 0) is 20.0 Å². The quantitative estimate of drug-likeness (QED) is 0.510. The SMILES string of the molecule is Cn1nc(Nc2ccccc2)c2cnc(Nc3ccc4c(c3)CNCC4)nc21. The van der Waals surface area contributed by atoms with Crippen LogP contribution in [0.3, 0.4) is 0 Å². The van der Waals surface area contributed by atoms with E-state index >= 15 is 0 Å². The van der Waals surface area contributed by atoms with Gasteiger partial charge in [-0.3, -0.25) is 0 Å². The lowest BCUT2D eigenvalue weighted by molar-refractivity contribution is 0.644. The van der Waals surface area contributed by atoms with Crippen LogP contribution in [0.1, 0.15) is 11.1 Å². The van der Waals surface area contributed by atoms with E-state index in [2.05, 4.69) is 49.2 Å². The lowest BCUT2D eigenvalue weighted by atomic mass is 10.0. The van der Waals surface area contributed by atoms with Gasteiger partial charge in [-0.05, 0) is 48.4 Å². The van der Waals surface area contributed by atoms with E-state index in [0.29, 0.717) is 5.95 Å². The monoisotopic (exact) mass is 371 g/mol. The van der Waals surface area contributed by atoms with Crippen LogP contribution in [0.15, 0.2) is 54.7 Å². The lowest BCUT2D eigenvalue weighted by Crippen LogP contribution is -2.23. The highest BCUT2D eigenvalue weighted by Crippen LogP contribution is 2.26. The Balaban J connectivity index is 1.43. The summed E-state index contributed by atoms with van der Waals surface area (Å²) in [4.78, 5) is 9.17. The molecule has 3 N–H and O–H groups in total. The fourth-order valence-corrected chi connectivity index (χ4v) is 3.54. The average molecular weight is 371 g/mol. The van der Waals surface area contributed by atoms with Gasteiger partial charge in [0.2, 0.25) is 5.95 Å². The Kier molecular flexibility index (Phi) is 4.14. The molecule has 7 nitrogen and oxygen atoms in total. The van der Waals surface area contributed by atoms with Crippen LogP contribution in [0, 0.1) is 0 Å². The summed E-state index contributed by atoms with van der Waals surface area (Å²) in [5.74, 6) is 1.31. The van der Waals surface area contributed by atoms with Gasteiger partial charge in [0.25, 0.3) is 0 Å². The first-order chi connectivity index (χ1) is 13.8. The van der Waals surface area contributed by atoms with Crippen molar-refractivity contribution in [3.63, 3.8) is 0 Å². The molecule has 2 aromatic carbocycles. The largest absolute Gasteiger partial charge is 0.338 e. The molecule has 0 fully saturated rings. The van der Waals surface area contributed by atoms with Crippen LogP contribution in [0.4, 0.5) is 23.1 Å². The summed E-state index contributed by atoms with van der Waals surface area (Å²) in [5.41, 5.74) is 5.48. The average Bonchev–Trinajstić information content (AvgIpc) is 3.03. The minimum Gasteiger partial charge on any atom is -0.338 e. The second kappa shape index (κ2) is 6.94. The molecule has 7 heteroatoms. The molecule has 0 radical (unpaired) electrons. The predicted octanol–water partition coefficient (Wildman–Crippen LogP) is 3.50. The van der Waals surface area contributed by atoms with Crippen molar-refractivity contribution in [1.29, 1.82) is 0 Å². The number of para-hydroxylation sites is 1. The first-order valence-electron chi connectivity index (χ1n) is 9.38. The number of nitrogens with one attached hydrogen (secondary N) is 3. The zero-order chi connectivity index (χ0) is 18.9. The molecule has 140 valence electrons. The zero-order valence-corrected chi connectivity index (χ0v) is 15.6. The molecule has 0 amide bonds. The molecule has 0 bridgehead atoms. The second-order valence-corrected chi connectivity index (χ2v) is 6.93. The molecule has 5 rings (SSSR count). The van der Waals surface area contributed by atoms with Crippen molar-refractivity contribution in [2.24, 2.45) is 7.05 Å². The number of rotatable bonds is 4. The van der Waals surface area contributed by atoms with E-state index in [1.807, 2.05) is 43.6 Å². The molecular weight excluding hydrogens is 350 g/mol. The molecule has 0 spiro atoms. The molecule has 0 aliphatic carbocycles. The van der Waals surface area contributed by atoms with Gasteiger partial charge in [0.05, 0.1) is 5.39 Å². The van der Waals surface area contributed by atoms with E-state index < -0.39 is 0 Å². The van der Waals surface area contributed by atoms with Gasteiger partial charge in [0.15, 0.2) is 11.5 Å². The summed E-state index contributed by atoms with van der Waals surface area (Å²) in [5, 5.41) is 15.5. The molecule has 0 atom stereocenters. The van der Waals surface area contributed by atoms with Gasteiger partial charge >= 0.3 is 0 Å². The van der Waals surface area contributed by atoms with Gasteiger partial charge in [-0.15, -0.1) is 0 Å².